The second-order valence-corrected chi connectivity index (χ2v) is 4.99. The van der Waals surface area contributed by atoms with Gasteiger partial charge in [0, 0.05) is 11.4 Å². The van der Waals surface area contributed by atoms with E-state index in [2.05, 4.69) is 12.2 Å². The predicted octanol–water partition coefficient (Wildman–Crippen LogP) is 4.00. The summed E-state index contributed by atoms with van der Waals surface area (Å²) in [7, 11) is 0. The molecule has 4 heteroatoms. The summed E-state index contributed by atoms with van der Waals surface area (Å²) in [5, 5.41) is 2.76. The summed E-state index contributed by atoms with van der Waals surface area (Å²) in [4.78, 5) is 12.1. The van der Waals surface area contributed by atoms with Crippen molar-refractivity contribution < 1.29 is 9.18 Å². The SMILES string of the molecule is CCCCc1ccc(NC(=O)c2ccc(F)cc2N)cc1. The van der Waals surface area contributed by atoms with E-state index in [1.54, 1.807) is 0 Å². The monoisotopic (exact) mass is 286 g/mol. The highest BCUT2D eigenvalue weighted by molar-refractivity contribution is 6.07. The molecule has 3 nitrogen and oxygen atoms in total. The van der Waals surface area contributed by atoms with Gasteiger partial charge in [-0.25, -0.2) is 4.39 Å². The summed E-state index contributed by atoms with van der Waals surface area (Å²) >= 11 is 0. The first-order chi connectivity index (χ1) is 10.1. The van der Waals surface area contributed by atoms with Crippen LogP contribution in [0, 0.1) is 5.82 Å². The molecule has 0 spiro atoms. The Morgan fingerprint density at radius 3 is 2.52 bits per heavy atom. The van der Waals surface area contributed by atoms with Gasteiger partial charge in [-0.15, -0.1) is 0 Å². The lowest BCUT2D eigenvalue weighted by Gasteiger charge is -2.08. The number of anilines is 2. The summed E-state index contributed by atoms with van der Waals surface area (Å²) in [6.45, 7) is 2.15. The van der Waals surface area contributed by atoms with E-state index < -0.39 is 5.82 Å². The molecule has 3 N–H and O–H groups in total. The van der Waals surface area contributed by atoms with Crippen LogP contribution in [-0.4, -0.2) is 5.91 Å². The van der Waals surface area contributed by atoms with Gasteiger partial charge in [0.25, 0.3) is 5.91 Å². The van der Waals surface area contributed by atoms with Crippen LogP contribution in [0.5, 0.6) is 0 Å². The van der Waals surface area contributed by atoms with Crippen molar-refractivity contribution in [2.45, 2.75) is 26.2 Å². The average Bonchev–Trinajstić information content (AvgIpc) is 2.46. The first-order valence-electron chi connectivity index (χ1n) is 7.05. The van der Waals surface area contributed by atoms with E-state index in [4.69, 9.17) is 5.73 Å². The van der Waals surface area contributed by atoms with Crippen molar-refractivity contribution in [3.63, 3.8) is 0 Å². The van der Waals surface area contributed by atoms with Gasteiger partial charge in [-0.1, -0.05) is 25.5 Å². The maximum atomic E-state index is 13.0. The van der Waals surface area contributed by atoms with Crippen LogP contribution in [-0.2, 0) is 6.42 Å². The van der Waals surface area contributed by atoms with E-state index >= 15 is 0 Å². The number of hydrogen-bond donors (Lipinski definition) is 2. The molecule has 21 heavy (non-hydrogen) atoms. The number of nitrogens with one attached hydrogen (secondary N) is 1. The molecule has 0 unspecified atom stereocenters. The Labute approximate surface area is 124 Å². The van der Waals surface area contributed by atoms with Crippen LogP contribution < -0.4 is 11.1 Å². The summed E-state index contributed by atoms with van der Waals surface area (Å²) < 4.78 is 13.0. The molecule has 0 aliphatic heterocycles. The number of rotatable bonds is 5. The number of nitrogen functional groups attached to an aromatic ring is 1. The van der Waals surface area contributed by atoms with Crippen molar-refractivity contribution >= 4 is 17.3 Å². The number of unbranched alkanes of at least 4 members (excludes halogenated alkanes) is 1. The van der Waals surface area contributed by atoms with Crippen LogP contribution in [0.4, 0.5) is 15.8 Å². The van der Waals surface area contributed by atoms with Crippen LogP contribution in [0.15, 0.2) is 42.5 Å². The van der Waals surface area contributed by atoms with E-state index in [-0.39, 0.29) is 17.2 Å². The fraction of sp³-hybridized carbons (Fsp3) is 0.235. The Hall–Kier alpha value is -2.36. The third-order valence-electron chi connectivity index (χ3n) is 3.29. The highest BCUT2D eigenvalue weighted by atomic mass is 19.1. The molecule has 2 aromatic carbocycles. The molecular weight excluding hydrogens is 267 g/mol. The number of carbonyl (C=O) groups excluding carboxylic acids is 1. The minimum Gasteiger partial charge on any atom is -0.398 e. The Morgan fingerprint density at radius 1 is 1.19 bits per heavy atom. The molecule has 0 atom stereocenters. The Bertz CT molecular complexity index is 623. The van der Waals surface area contributed by atoms with Crippen LogP contribution in [0.1, 0.15) is 35.7 Å². The third kappa shape index (κ3) is 4.05. The lowest BCUT2D eigenvalue weighted by molar-refractivity contribution is 0.102. The van der Waals surface area contributed by atoms with E-state index in [0.717, 1.165) is 25.3 Å². The van der Waals surface area contributed by atoms with Crippen molar-refractivity contribution in [3.05, 3.63) is 59.4 Å². The fourth-order valence-corrected chi connectivity index (χ4v) is 2.07. The zero-order valence-electron chi connectivity index (χ0n) is 12.0. The number of halogens is 1. The Kier molecular flexibility index (Phi) is 4.93. The standard InChI is InChI=1S/C17H19FN2O/c1-2-3-4-12-5-8-14(9-6-12)20-17(21)15-10-7-13(18)11-16(15)19/h5-11H,2-4,19H2,1H3,(H,20,21). The Balaban J connectivity index is 2.05. The molecular formula is C17H19FN2O. The quantitative estimate of drug-likeness (QED) is 0.816. The topological polar surface area (TPSA) is 55.1 Å². The minimum absolute atomic E-state index is 0.132. The summed E-state index contributed by atoms with van der Waals surface area (Å²) in [5.41, 5.74) is 8.00. The van der Waals surface area contributed by atoms with Crippen molar-refractivity contribution in [3.8, 4) is 0 Å². The number of amides is 1. The van der Waals surface area contributed by atoms with E-state index in [9.17, 15) is 9.18 Å². The molecule has 0 saturated heterocycles. The van der Waals surface area contributed by atoms with Crippen molar-refractivity contribution in [1.82, 2.24) is 0 Å². The lowest BCUT2D eigenvalue weighted by Crippen LogP contribution is -2.14. The van der Waals surface area contributed by atoms with Crippen LogP contribution in [0.2, 0.25) is 0 Å². The number of aryl methyl sites for hydroxylation is 1. The van der Waals surface area contributed by atoms with Gasteiger partial charge in [0.1, 0.15) is 5.82 Å². The van der Waals surface area contributed by atoms with Gasteiger partial charge in [0.15, 0.2) is 0 Å². The molecule has 0 bridgehead atoms. The van der Waals surface area contributed by atoms with E-state index in [1.165, 1.54) is 17.7 Å². The number of nitrogens with two attached hydrogens (primary N) is 1. The molecule has 0 aliphatic carbocycles. The number of carbonyl (C=O) groups is 1. The molecule has 2 aromatic rings. The van der Waals surface area contributed by atoms with Gasteiger partial charge in [-0.05, 0) is 48.7 Å². The first-order valence-corrected chi connectivity index (χ1v) is 7.05. The van der Waals surface area contributed by atoms with Crippen molar-refractivity contribution in [1.29, 1.82) is 0 Å². The summed E-state index contributed by atoms with van der Waals surface area (Å²) in [6, 6.07) is 11.5. The van der Waals surface area contributed by atoms with Gasteiger partial charge in [-0.2, -0.15) is 0 Å². The zero-order chi connectivity index (χ0) is 15.2. The highest BCUT2D eigenvalue weighted by Crippen LogP contribution is 2.17. The van der Waals surface area contributed by atoms with Crippen LogP contribution >= 0.6 is 0 Å². The Morgan fingerprint density at radius 2 is 1.90 bits per heavy atom. The average molecular weight is 286 g/mol. The van der Waals surface area contributed by atoms with Gasteiger partial charge in [-0.3, -0.25) is 4.79 Å². The minimum atomic E-state index is -0.454. The molecule has 2 rings (SSSR count). The summed E-state index contributed by atoms with van der Waals surface area (Å²) in [6.07, 6.45) is 3.34. The van der Waals surface area contributed by atoms with E-state index in [1.807, 2.05) is 24.3 Å². The zero-order valence-corrected chi connectivity index (χ0v) is 12.0. The molecule has 0 radical (unpaired) electrons. The fourth-order valence-electron chi connectivity index (χ4n) is 2.07. The van der Waals surface area contributed by atoms with E-state index in [0.29, 0.717) is 5.69 Å². The molecule has 0 fully saturated rings. The molecule has 0 heterocycles. The second kappa shape index (κ2) is 6.88. The molecule has 0 aliphatic rings. The van der Waals surface area contributed by atoms with Gasteiger partial charge >= 0.3 is 0 Å². The molecule has 0 saturated carbocycles. The van der Waals surface area contributed by atoms with Crippen LogP contribution in [0.25, 0.3) is 0 Å². The van der Waals surface area contributed by atoms with Gasteiger partial charge in [0.2, 0.25) is 0 Å². The molecule has 0 aromatic heterocycles. The molecule has 1 amide bonds. The lowest BCUT2D eigenvalue weighted by atomic mass is 10.1. The normalized spacial score (nSPS) is 10.4. The number of benzene rings is 2. The first kappa shape index (κ1) is 15.0. The van der Waals surface area contributed by atoms with Crippen LogP contribution in [0.3, 0.4) is 0 Å². The van der Waals surface area contributed by atoms with Crippen molar-refractivity contribution in [2.24, 2.45) is 0 Å². The molecule has 110 valence electrons. The third-order valence-corrected chi connectivity index (χ3v) is 3.29. The number of hydrogen-bond acceptors (Lipinski definition) is 2. The maximum Gasteiger partial charge on any atom is 0.257 e. The summed E-state index contributed by atoms with van der Waals surface area (Å²) in [5.74, 6) is -0.793. The maximum absolute atomic E-state index is 13.0. The largest absolute Gasteiger partial charge is 0.398 e. The van der Waals surface area contributed by atoms with Crippen molar-refractivity contribution in [2.75, 3.05) is 11.1 Å². The highest BCUT2D eigenvalue weighted by Gasteiger charge is 2.10. The van der Waals surface area contributed by atoms with Gasteiger partial charge in [0.05, 0.1) is 5.56 Å². The van der Waals surface area contributed by atoms with Gasteiger partial charge < -0.3 is 11.1 Å². The predicted molar refractivity (Wildman–Crippen MR) is 83.8 cm³/mol. The second-order valence-electron chi connectivity index (χ2n) is 4.99. The smallest absolute Gasteiger partial charge is 0.257 e.